The Morgan fingerprint density at radius 2 is 1.83 bits per heavy atom. The van der Waals surface area contributed by atoms with Gasteiger partial charge in [0.15, 0.2) is 0 Å². The number of nitrogens with zero attached hydrogens (tertiary/aromatic N) is 1. The third-order valence-corrected chi connectivity index (χ3v) is 6.52. The van der Waals surface area contributed by atoms with E-state index in [9.17, 15) is 4.79 Å². The maximum Gasteiger partial charge on any atom is 0.150 e. The Labute approximate surface area is 148 Å². The van der Waals surface area contributed by atoms with Crippen LogP contribution in [0.3, 0.4) is 0 Å². The molecule has 3 saturated heterocycles. The first-order chi connectivity index (χ1) is 11.1. The second-order valence-corrected chi connectivity index (χ2v) is 10.2. The second kappa shape index (κ2) is 6.07. The Balaban J connectivity index is 2.07. The molecule has 3 aliphatic rings. The Morgan fingerprint density at radius 3 is 2.38 bits per heavy atom. The van der Waals surface area contributed by atoms with Crippen molar-refractivity contribution in [3.8, 4) is 0 Å². The summed E-state index contributed by atoms with van der Waals surface area (Å²) in [6.07, 6.45) is 3.90. The van der Waals surface area contributed by atoms with Gasteiger partial charge in [0.1, 0.15) is 5.78 Å². The zero-order chi connectivity index (χ0) is 17.9. The molecule has 0 spiro atoms. The van der Waals surface area contributed by atoms with Crippen molar-refractivity contribution in [1.29, 1.82) is 0 Å². The first kappa shape index (κ1) is 18.3. The summed E-state index contributed by atoms with van der Waals surface area (Å²) in [7, 11) is 0. The van der Waals surface area contributed by atoms with Crippen LogP contribution in [0.1, 0.15) is 67.7 Å². The molecule has 0 bridgehead atoms. The quantitative estimate of drug-likeness (QED) is 0.814. The van der Waals surface area contributed by atoms with E-state index in [0.29, 0.717) is 42.3 Å². The first-order valence-corrected chi connectivity index (χ1v) is 9.88. The minimum absolute atomic E-state index is 0.0150. The van der Waals surface area contributed by atoms with Crippen LogP contribution in [0.15, 0.2) is 0 Å². The molecule has 6 atom stereocenters. The summed E-state index contributed by atoms with van der Waals surface area (Å²) in [6, 6.07) is 0.0420. The first-order valence-electron chi connectivity index (χ1n) is 9.88. The molecule has 6 unspecified atom stereocenters. The fourth-order valence-electron chi connectivity index (χ4n) is 5.77. The van der Waals surface area contributed by atoms with E-state index in [2.05, 4.69) is 57.1 Å². The summed E-state index contributed by atoms with van der Waals surface area (Å²) in [5.74, 6) is 2.04. The van der Waals surface area contributed by atoms with Gasteiger partial charge < -0.3 is 5.32 Å². The molecule has 2 N–H and O–H groups in total. The Kier molecular flexibility index (Phi) is 4.64. The van der Waals surface area contributed by atoms with Crippen molar-refractivity contribution < 1.29 is 4.79 Å². The smallest absolute Gasteiger partial charge is 0.150 e. The van der Waals surface area contributed by atoms with Crippen molar-refractivity contribution in [3.05, 3.63) is 0 Å². The Bertz CT molecular complexity index is 490. The van der Waals surface area contributed by atoms with Gasteiger partial charge in [-0.25, -0.2) is 0 Å². The molecule has 0 aromatic heterocycles. The van der Waals surface area contributed by atoms with Gasteiger partial charge in [-0.2, -0.15) is 0 Å². The SMILES string of the molecule is CCC(=O)C1C(C(C)(C)C)C2C3CCCNC3NC2N1C(C)(C)C. The van der Waals surface area contributed by atoms with E-state index >= 15 is 0 Å². The maximum absolute atomic E-state index is 13.0. The monoisotopic (exact) mass is 335 g/mol. The average Bonchev–Trinajstić information content (AvgIpc) is 2.98. The number of nitrogens with one attached hydrogen (secondary N) is 2. The predicted molar refractivity (Wildman–Crippen MR) is 98.6 cm³/mol. The minimum atomic E-state index is -0.0150. The van der Waals surface area contributed by atoms with Crippen molar-refractivity contribution >= 4 is 5.78 Å². The van der Waals surface area contributed by atoms with E-state index < -0.39 is 0 Å². The highest BCUT2D eigenvalue weighted by Crippen LogP contribution is 2.54. The third-order valence-electron chi connectivity index (χ3n) is 6.52. The number of Topliss-reactive ketones (excluding diaryl/α,β-unsaturated/α-hetero) is 1. The summed E-state index contributed by atoms with van der Waals surface area (Å²) in [6.45, 7) is 16.9. The molecule has 0 aliphatic carbocycles. The zero-order valence-electron chi connectivity index (χ0n) is 16.6. The zero-order valence-corrected chi connectivity index (χ0v) is 16.6. The molecule has 3 aliphatic heterocycles. The van der Waals surface area contributed by atoms with Gasteiger partial charge in [0.05, 0.1) is 18.4 Å². The van der Waals surface area contributed by atoms with Gasteiger partial charge in [-0.3, -0.25) is 15.0 Å². The van der Waals surface area contributed by atoms with Crippen LogP contribution in [-0.4, -0.2) is 41.1 Å². The van der Waals surface area contributed by atoms with Crippen molar-refractivity contribution in [2.24, 2.45) is 23.2 Å². The van der Waals surface area contributed by atoms with Crippen molar-refractivity contribution in [2.75, 3.05) is 6.54 Å². The van der Waals surface area contributed by atoms with Crippen LogP contribution in [0.25, 0.3) is 0 Å². The molecule has 0 radical (unpaired) electrons. The Morgan fingerprint density at radius 1 is 1.17 bits per heavy atom. The van der Waals surface area contributed by atoms with E-state index in [1.54, 1.807) is 0 Å². The molecule has 4 nitrogen and oxygen atoms in total. The van der Waals surface area contributed by atoms with Gasteiger partial charge in [0, 0.05) is 12.0 Å². The van der Waals surface area contributed by atoms with Crippen molar-refractivity contribution in [2.45, 2.75) is 91.6 Å². The number of carbonyl (C=O) groups excluding carboxylic acids is 1. The van der Waals surface area contributed by atoms with Gasteiger partial charge in [0.2, 0.25) is 0 Å². The van der Waals surface area contributed by atoms with Crippen LogP contribution in [0.5, 0.6) is 0 Å². The Hall–Kier alpha value is -0.450. The number of hydrogen-bond acceptors (Lipinski definition) is 4. The topological polar surface area (TPSA) is 44.4 Å². The largest absolute Gasteiger partial charge is 0.302 e. The van der Waals surface area contributed by atoms with E-state index in [-0.39, 0.29) is 17.0 Å². The fraction of sp³-hybridized carbons (Fsp3) is 0.950. The number of likely N-dealkylation sites (tertiary alicyclic amines) is 1. The molecule has 0 aromatic carbocycles. The highest BCUT2D eigenvalue weighted by Gasteiger charge is 2.63. The lowest BCUT2D eigenvalue weighted by Crippen LogP contribution is -2.59. The number of carbonyl (C=O) groups is 1. The number of rotatable bonds is 2. The molecular formula is C20H37N3O. The van der Waals surface area contributed by atoms with Gasteiger partial charge >= 0.3 is 0 Å². The summed E-state index contributed by atoms with van der Waals surface area (Å²) in [5.41, 5.74) is 0.116. The molecule has 138 valence electrons. The molecule has 0 amide bonds. The highest BCUT2D eigenvalue weighted by molar-refractivity contribution is 5.85. The maximum atomic E-state index is 13.0. The van der Waals surface area contributed by atoms with Gasteiger partial charge in [-0.15, -0.1) is 0 Å². The molecule has 0 saturated carbocycles. The van der Waals surface area contributed by atoms with E-state index in [1.807, 2.05) is 6.92 Å². The van der Waals surface area contributed by atoms with Gasteiger partial charge in [-0.05, 0) is 63.3 Å². The van der Waals surface area contributed by atoms with Gasteiger partial charge in [0.25, 0.3) is 0 Å². The van der Waals surface area contributed by atoms with Crippen LogP contribution in [0, 0.1) is 23.2 Å². The standard InChI is InChI=1S/C20H37N3O/c1-8-13(24)16-15(19(2,3)4)14-12-10-9-11-21-17(12)22-18(14)23(16)20(5,6)7/h12,14-18,21-22H,8-11H2,1-7H3. The van der Waals surface area contributed by atoms with E-state index in [4.69, 9.17) is 0 Å². The highest BCUT2D eigenvalue weighted by atomic mass is 16.1. The molecule has 3 rings (SSSR count). The lowest BCUT2D eigenvalue weighted by molar-refractivity contribution is -0.128. The fourth-order valence-corrected chi connectivity index (χ4v) is 5.77. The van der Waals surface area contributed by atoms with Crippen molar-refractivity contribution in [3.63, 3.8) is 0 Å². The number of hydrogen-bond donors (Lipinski definition) is 2. The molecule has 3 heterocycles. The van der Waals surface area contributed by atoms with Crippen LogP contribution in [0.4, 0.5) is 0 Å². The van der Waals surface area contributed by atoms with Crippen LogP contribution in [0.2, 0.25) is 0 Å². The van der Waals surface area contributed by atoms with Gasteiger partial charge in [-0.1, -0.05) is 27.7 Å². The summed E-state index contributed by atoms with van der Waals surface area (Å²) in [5, 5.41) is 7.57. The number of piperidine rings is 1. The number of ketones is 1. The third kappa shape index (κ3) is 2.85. The molecule has 0 aromatic rings. The minimum Gasteiger partial charge on any atom is -0.302 e. The second-order valence-electron chi connectivity index (χ2n) is 10.2. The average molecular weight is 336 g/mol. The summed E-state index contributed by atoms with van der Waals surface area (Å²) < 4.78 is 0. The van der Waals surface area contributed by atoms with Crippen molar-refractivity contribution in [1.82, 2.24) is 15.5 Å². The normalized spacial score (nSPS) is 40.5. The molecule has 4 heteroatoms. The van der Waals surface area contributed by atoms with Crippen LogP contribution < -0.4 is 10.6 Å². The van der Waals surface area contributed by atoms with Crippen LogP contribution in [-0.2, 0) is 4.79 Å². The molecular weight excluding hydrogens is 298 g/mol. The molecule has 24 heavy (non-hydrogen) atoms. The summed E-state index contributed by atoms with van der Waals surface area (Å²) in [4.78, 5) is 15.6. The summed E-state index contributed by atoms with van der Waals surface area (Å²) >= 11 is 0. The molecule has 3 fully saturated rings. The van der Waals surface area contributed by atoms with E-state index in [1.165, 1.54) is 12.8 Å². The lowest BCUT2D eigenvalue weighted by Gasteiger charge is -2.44. The predicted octanol–water partition coefficient (Wildman–Crippen LogP) is 2.98. The lowest BCUT2D eigenvalue weighted by atomic mass is 9.66. The van der Waals surface area contributed by atoms with Crippen LogP contribution >= 0.6 is 0 Å². The van der Waals surface area contributed by atoms with E-state index in [0.717, 1.165) is 6.54 Å². The number of fused-ring (bicyclic) bond motifs is 3.